The van der Waals surface area contributed by atoms with E-state index in [1.165, 1.54) is 24.5 Å². The summed E-state index contributed by atoms with van der Waals surface area (Å²) in [6.07, 6.45) is 4.41. The monoisotopic (exact) mass is 481 g/mol. The summed E-state index contributed by atoms with van der Waals surface area (Å²) in [6.45, 7) is 4.76. The van der Waals surface area contributed by atoms with Crippen LogP contribution in [0.3, 0.4) is 0 Å². The number of anilines is 1. The lowest BCUT2D eigenvalue weighted by Gasteiger charge is -2.32. The number of benzene rings is 1. The smallest absolute Gasteiger partial charge is 0.240 e. The van der Waals surface area contributed by atoms with E-state index >= 15 is 0 Å². The third-order valence-corrected chi connectivity index (χ3v) is 7.15. The lowest BCUT2D eigenvalue weighted by Crippen LogP contribution is -2.46. The molecule has 178 valence electrons. The number of carbonyl (C=O) groups excluding carboxylic acids is 1. The minimum Gasteiger partial charge on any atom is -0.382 e. The topological polar surface area (TPSA) is 134 Å². The number of nitrogens with two attached hydrogens (primary N) is 1. The van der Waals surface area contributed by atoms with Crippen LogP contribution >= 0.6 is 0 Å². The second-order valence-corrected chi connectivity index (χ2v) is 9.90. The molecule has 34 heavy (non-hydrogen) atoms. The second-order valence-electron chi connectivity index (χ2n) is 8.13. The van der Waals surface area contributed by atoms with E-state index in [9.17, 15) is 13.2 Å². The Labute approximate surface area is 198 Å². The Morgan fingerprint density at radius 3 is 2.65 bits per heavy atom. The number of nitrogens with zero attached hydrogens (tertiary/aromatic N) is 5. The van der Waals surface area contributed by atoms with Gasteiger partial charge in [-0.3, -0.25) is 14.7 Å². The molecule has 2 aromatic heterocycles. The molecule has 3 heterocycles. The number of hydrogen-bond donors (Lipinski definition) is 2. The molecule has 0 aliphatic carbocycles. The van der Waals surface area contributed by atoms with E-state index in [2.05, 4.69) is 36.5 Å². The number of carbonyl (C=O) groups is 1. The molecule has 1 aromatic carbocycles. The molecule has 10 nitrogen and oxygen atoms in total. The van der Waals surface area contributed by atoms with Crippen LogP contribution < -0.4 is 10.5 Å². The summed E-state index contributed by atoms with van der Waals surface area (Å²) in [7, 11) is -1.64. The number of hydrogen-bond acceptors (Lipinski definition) is 9. The molecular weight excluding hydrogens is 454 g/mol. The van der Waals surface area contributed by atoms with E-state index in [-0.39, 0.29) is 16.4 Å². The molecule has 0 amide bonds. The summed E-state index contributed by atoms with van der Waals surface area (Å²) in [5.74, 6) is -0.416. The van der Waals surface area contributed by atoms with Crippen LogP contribution in [-0.4, -0.2) is 85.3 Å². The zero-order valence-electron chi connectivity index (χ0n) is 18.9. The van der Waals surface area contributed by atoms with Gasteiger partial charge in [-0.05, 0) is 31.3 Å². The Bertz CT molecular complexity index is 1260. The highest BCUT2D eigenvalue weighted by molar-refractivity contribution is 7.89. The number of ketones is 1. The van der Waals surface area contributed by atoms with Crippen LogP contribution in [0.1, 0.15) is 16.1 Å². The predicted molar refractivity (Wildman–Crippen MR) is 129 cm³/mol. The number of nitrogens with one attached hydrogen (secondary N) is 1. The van der Waals surface area contributed by atoms with Gasteiger partial charge in [-0.1, -0.05) is 12.1 Å². The van der Waals surface area contributed by atoms with E-state index in [4.69, 9.17) is 5.73 Å². The third kappa shape index (κ3) is 5.62. The zero-order chi connectivity index (χ0) is 24.1. The SMILES string of the molecule is CN1CCN(CCNS(=O)(=O)c2cccc(-c3cnc(N)c(C(=O)c4cccnc4)n3)c2)CC1. The fourth-order valence-electron chi connectivity index (χ4n) is 3.65. The highest BCUT2D eigenvalue weighted by Crippen LogP contribution is 2.23. The first-order valence-corrected chi connectivity index (χ1v) is 12.4. The summed E-state index contributed by atoms with van der Waals surface area (Å²) in [5.41, 5.74) is 7.08. The normalized spacial score (nSPS) is 15.3. The van der Waals surface area contributed by atoms with Crippen LogP contribution in [0.5, 0.6) is 0 Å². The highest BCUT2D eigenvalue weighted by Gasteiger charge is 2.20. The van der Waals surface area contributed by atoms with Crippen LogP contribution in [0, 0.1) is 0 Å². The van der Waals surface area contributed by atoms with Gasteiger partial charge in [0.25, 0.3) is 0 Å². The van der Waals surface area contributed by atoms with Crippen LogP contribution in [-0.2, 0) is 10.0 Å². The minimum absolute atomic E-state index is 0.00745. The first-order valence-electron chi connectivity index (χ1n) is 10.9. The van der Waals surface area contributed by atoms with Gasteiger partial charge in [0.1, 0.15) is 0 Å². The molecule has 1 aliphatic rings. The third-order valence-electron chi connectivity index (χ3n) is 5.70. The number of pyridine rings is 1. The van der Waals surface area contributed by atoms with E-state index in [1.807, 2.05) is 0 Å². The molecule has 0 spiro atoms. The largest absolute Gasteiger partial charge is 0.382 e. The van der Waals surface area contributed by atoms with Crippen molar-refractivity contribution in [3.63, 3.8) is 0 Å². The Balaban J connectivity index is 1.50. The molecule has 3 N–H and O–H groups in total. The van der Waals surface area contributed by atoms with Gasteiger partial charge >= 0.3 is 0 Å². The average molecular weight is 482 g/mol. The number of sulfonamides is 1. The molecule has 0 atom stereocenters. The van der Waals surface area contributed by atoms with Crippen molar-refractivity contribution in [1.82, 2.24) is 29.5 Å². The van der Waals surface area contributed by atoms with Crippen LogP contribution in [0.25, 0.3) is 11.3 Å². The molecule has 0 radical (unpaired) electrons. The fraction of sp³-hybridized carbons (Fsp3) is 0.304. The Morgan fingerprint density at radius 1 is 1.12 bits per heavy atom. The van der Waals surface area contributed by atoms with Gasteiger partial charge < -0.3 is 10.6 Å². The number of nitrogen functional groups attached to an aromatic ring is 1. The lowest BCUT2D eigenvalue weighted by molar-refractivity contribution is 0.103. The van der Waals surface area contributed by atoms with E-state index < -0.39 is 15.8 Å². The molecule has 1 aliphatic heterocycles. The summed E-state index contributed by atoms with van der Waals surface area (Å²) >= 11 is 0. The van der Waals surface area contributed by atoms with Crippen molar-refractivity contribution < 1.29 is 13.2 Å². The quantitative estimate of drug-likeness (QED) is 0.450. The van der Waals surface area contributed by atoms with Crippen molar-refractivity contribution in [2.45, 2.75) is 4.90 Å². The van der Waals surface area contributed by atoms with Gasteiger partial charge in [-0.2, -0.15) is 0 Å². The molecular formula is C23H27N7O3S. The summed E-state index contributed by atoms with van der Waals surface area (Å²) in [4.78, 5) is 29.8. The van der Waals surface area contributed by atoms with Crippen molar-refractivity contribution in [3.05, 3.63) is 66.2 Å². The van der Waals surface area contributed by atoms with Crippen molar-refractivity contribution in [2.24, 2.45) is 0 Å². The van der Waals surface area contributed by atoms with E-state index in [1.54, 1.807) is 30.5 Å². The van der Waals surface area contributed by atoms with Gasteiger partial charge in [0.15, 0.2) is 11.5 Å². The molecule has 1 fully saturated rings. The first-order chi connectivity index (χ1) is 16.3. The standard InChI is InChI=1S/C23H27N7O3S/c1-29-10-12-30(13-11-29)9-8-27-34(32,33)19-6-2-4-17(14-19)20-16-26-23(24)21(28-20)22(31)18-5-3-7-25-15-18/h2-7,14-16,27H,8-13H2,1H3,(H2,24,26). The van der Waals surface area contributed by atoms with Crippen LogP contribution in [0.2, 0.25) is 0 Å². The highest BCUT2D eigenvalue weighted by atomic mass is 32.2. The Kier molecular flexibility index (Phi) is 7.27. The maximum atomic E-state index is 12.9. The molecule has 0 saturated carbocycles. The van der Waals surface area contributed by atoms with Crippen molar-refractivity contribution in [3.8, 4) is 11.3 Å². The van der Waals surface area contributed by atoms with E-state index in [0.717, 1.165) is 26.2 Å². The molecule has 0 unspecified atom stereocenters. The summed E-state index contributed by atoms with van der Waals surface area (Å²) in [5, 5.41) is 0. The first kappa shape index (κ1) is 23.9. The Hall–Kier alpha value is -3.25. The van der Waals surface area contributed by atoms with Gasteiger partial charge in [0, 0.05) is 62.8 Å². The van der Waals surface area contributed by atoms with Crippen LogP contribution in [0.15, 0.2) is 59.9 Å². The lowest BCUT2D eigenvalue weighted by atomic mass is 10.1. The van der Waals surface area contributed by atoms with Gasteiger partial charge in [-0.15, -0.1) is 0 Å². The summed E-state index contributed by atoms with van der Waals surface area (Å²) in [6, 6.07) is 9.63. The molecule has 0 bridgehead atoms. The molecule has 11 heteroatoms. The van der Waals surface area contributed by atoms with Gasteiger partial charge in [0.2, 0.25) is 15.8 Å². The molecule has 3 aromatic rings. The van der Waals surface area contributed by atoms with Crippen molar-refractivity contribution in [1.29, 1.82) is 0 Å². The van der Waals surface area contributed by atoms with Crippen molar-refractivity contribution >= 4 is 21.6 Å². The van der Waals surface area contributed by atoms with E-state index in [0.29, 0.717) is 29.9 Å². The minimum atomic E-state index is -3.72. The molecule has 1 saturated heterocycles. The summed E-state index contributed by atoms with van der Waals surface area (Å²) < 4.78 is 28.4. The molecule has 4 rings (SSSR count). The number of piperazine rings is 1. The zero-order valence-corrected chi connectivity index (χ0v) is 19.7. The van der Waals surface area contributed by atoms with Gasteiger partial charge in [0.05, 0.1) is 16.8 Å². The van der Waals surface area contributed by atoms with Crippen LogP contribution in [0.4, 0.5) is 5.82 Å². The average Bonchev–Trinajstić information content (AvgIpc) is 2.86. The fourth-order valence-corrected chi connectivity index (χ4v) is 4.72. The van der Waals surface area contributed by atoms with Crippen molar-refractivity contribution in [2.75, 3.05) is 52.0 Å². The number of rotatable bonds is 8. The maximum Gasteiger partial charge on any atom is 0.240 e. The van der Waals surface area contributed by atoms with Gasteiger partial charge in [-0.25, -0.2) is 23.1 Å². The Morgan fingerprint density at radius 2 is 1.91 bits per heavy atom. The number of likely N-dealkylation sites (N-methyl/N-ethyl adjacent to an activating group) is 1. The predicted octanol–water partition coefficient (Wildman–Crippen LogP) is 0.878. The number of aromatic nitrogens is 3. The maximum absolute atomic E-state index is 12.9. The second kappa shape index (κ2) is 10.3.